The maximum Gasteiger partial charge on any atom is 0.273 e. The number of rotatable bonds is 8. The third-order valence-corrected chi connectivity index (χ3v) is 4.36. The molecule has 2 aromatic carbocycles. The number of nitrogens with zero attached hydrogens (tertiary/aromatic N) is 2. The Labute approximate surface area is 171 Å². The number of hydrogen-bond donors (Lipinski definition) is 1. The van der Waals surface area contributed by atoms with Crippen molar-refractivity contribution in [3.05, 3.63) is 76.9 Å². The molecule has 0 atom stereocenters. The molecule has 152 valence electrons. The highest BCUT2D eigenvalue weighted by molar-refractivity contribution is 6.45. The Kier molecular flexibility index (Phi) is 7.71. The summed E-state index contributed by atoms with van der Waals surface area (Å²) in [5.74, 6) is -0.355. The molecule has 1 amide bonds. The molecule has 0 aliphatic rings. The molecular weight excluding hydrogens is 366 g/mol. The number of aryl methyl sites for hydroxylation is 1. The molecule has 0 bridgehead atoms. The van der Waals surface area contributed by atoms with Gasteiger partial charge in [0, 0.05) is 18.2 Å². The Balaban J connectivity index is 2.40. The molecule has 0 aliphatic heterocycles. The number of hydrogen-bond acceptors (Lipinski definition) is 5. The van der Waals surface area contributed by atoms with E-state index in [0.717, 1.165) is 33.5 Å². The van der Waals surface area contributed by atoms with E-state index in [9.17, 15) is 4.79 Å². The normalized spacial score (nSPS) is 11.8. The van der Waals surface area contributed by atoms with Gasteiger partial charge in [0.25, 0.3) is 5.91 Å². The topological polar surface area (TPSA) is 72.3 Å². The summed E-state index contributed by atoms with van der Waals surface area (Å²) in [4.78, 5) is 22.9. The lowest BCUT2D eigenvalue weighted by Crippen LogP contribution is -2.29. The zero-order valence-electron chi connectivity index (χ0n) is 17.6. The van der Waals surface area contributed by atoms with Gasteiger partial charge in [-0.3, -0.25) is 4.79 Å². The summed E-state index contributed by atoms with van der Waals surface area (Å²) < 4.78 is 0. The number of carbonyl (C=O) groups excluding carboxylic acids is 1. The van der Waals surface area contributed by atoms with Crippen molar-refractivity contribution in [2.24, 2.45) is 10.3 Å². The van der Waals surface area contributed by atoms with Gasteiger partial charge in [-0.15, -0.1) is 0 Å². The second-order valence-electron chi connectivity index (χ2n) is 6.63. The summed E-state index contributed by atoms with van der Waals surface area (Å²) in [6, 6.07) is 13.6. The van der Waals surface area contributed by atoms with Crippen molar-refractivity contribution >= 4 is 22.9 Å². The first kappa shape index (κ1) is 21.9. The molecule has 0 fully saturated rings. The van der Waals surface area contributed by atoms with E-state index >= 15 is 0 Å². The average molecular weight is 393 g/mol. The van der Waals surface area contributed by atoms with Crippen LogP contribution in [0.3, 0.4) is 0 Å². The summed E-state index contributed by atoms with van der Waals surface area (Å²) in [6.45, 7) is 10.0. The lowest BCUT2D eigenvalue weighted by atomic mass is 9.94. The molecule has 1 N–H and O–H groups in total. The van der Waals surface area contributed by atoms with Crippen LogP contribution in [0.5, 0.6) is 0 Å². The van der Waals surface area contributed by atoms with Crippen LogP contribution in [0.15, 0.2) is 59.4 Å². The SMILES string of the molecule is C=C(C)c1cccc(/C(=N\OC)C(=O)NC)c1CO/N=C(\C)c1cccc(C)c1. The lowest BCUT2D eigenvalue weighted by molar-refractivity contribution is -0.114. The smallest absolute Gasteiger partial charge is 0.273 e. The second kappa shape index (κ2) is 10.2. The summed E-state index contributed by atoms with van der Waals surface area (Å²) in [6.07, 6.45) is 0. The van der Waals surface area contributed by atoms with Gasteiger partial charge in [-0.25, -0.2) is 0 Å². The first-order valence-electron chi connectivity index (χ1n) is 9.24. The first-order chi connectivity index (χ1) is 13.9. The minimum Gasteiger partial charge on any atom is -0.398 e. The highest BCUT2D eigenvalue weighted by Crippen LogP contribution is 2.23. The molecule has 6 heteroatoms. The molecule has 0 unspecified atom stereocenters. The highest BCUT2D eigenvalue weighted by Gasteiger charge is 2.20. The van der Waals surface area contributed by atoms with Gasteiger partial charge < -0.3 is 15.0 Å². The van der Waals surface area contributed by atoms with Gasteiger partial charge in [-0.2, -0.15) is 0 Å². The van der Waals surface area contributed by atoms with Crippen molar-refractivity contribution in [2.45, 2.75) is 27.4 Å². The summed E-state index contributed by atoms with van der Waals surface area (Å²) >= 11 is 0. The maximum absolute atomic E-state index is 12.3. The molecular formula is C23H27N3O3. The monoisotopic (exact) mass is 393 g/mol. The largest absolute Gasteiger partial charge is 0.398 e. The Hall–Kier alpha value is -3.41. The fourth-order valence-corrected chi connectivity index (χ4v) is 2.90. The number of amides is 1. The van der Waals surface area contributed by atoms with Crippen molar-refractivity contribution in [1.82, 2.24) is 5.32 Å². The van der Waals surface area contributed by atoms with Crippen molar-refractivity contribution in [3.63, 3.8) is 0 Å². The van der Waals surface area contributed by atoms with E-state index in [4.69, 9.17) is 9.68 Å². The van der Waals surface area contributed by atoms with Crippen LogP contribution in [0.4, 0.5) is 0 Å². The Morgan fingerprint density at radius 2 is 1.79 bits per heavy atom. The van der Waals surface area contributed by atoms with Crippen molar-refractivity contribution in [1.29, 1.82) is 0 Å². The zero-order chi connectivity index (χ0) is 21.4. The first-order valence-corrected chi connectivity index (χ1v) is 9.24. The molecule has 0 spiro atoms. The van der Waals surface area contributed by atoms with Crippen molar-refractivity contribution < 1.29 is 14.5 Å². The van der Waals surface area contributed by atoms with E-state index in [1.165, 1.54) is 7.11 Å². The number of likely N-dealkylation sites (N-methyl/N-ethyl adjacent to an activating group) is 1. The van der Waals surface area contributed by atoms with Crippen molar-refractivity contribution in [3.8, 4) is 0 Å². The minimum atomic E-state index is -0.355. The van der Waals surface area contributed by atoms with Crippen LogP contribution < -0.4 is 5.32 Å². The predicted molar refractivity (Wildman–Crippen MR) is 117 cm³/mol. The van der Waals surface area contributed by atoms with Gasteiger partial charge in [0.05, 0.1) is 5.71 Å². The number of oxime groups is 2. The number of allylic oxidation sites excluding steroid dienone is 1. The zero-order valence-corrected chi connectivity index (χ0v) is 17.6. The van der Waals surface area contributed by atoms with Gasteiger partial charge in [0.2, 0.25) is 0 Å². The lowest BCUT2D eigenvalue weighted by Gasteiger charge is -2.15. The molecule has 0 aliphatic carbocycles. The number of nitrogens with one attached hydrogen (secondary N) is 1. The van der Waals surface area contributed by atoms with Crippen LogP contribution in [0.2, 0.25) is 0 Å². The van der Waals surface area contributed by atoms with Crippen LogP contribution in [0, 0.1) is 6.92 Å². The third-order valence-electron chi connectivity index (χ3n) is 4.36. The predicted octanol–water partition coefficient (Wildman–Crippen LogP) is 4.07. The van der Waals surface area contributed by atoms with Crippen LogP contribution in [0.1, 0.15) is 41.7 Å². The Morgan fingerprint density at radius 3 is 2.41 bits per heavy atom. The van der Waals surface area contributed by atoms with Crippen LogP contribution in [0.25, 0.3) is 5.57 Å². The number of carbonyl (C=O) groups is 1. The standard InChI is InChI=1S/C23H27N3O3/c1-15(2)19-11-8-12-20(22(26-28-6)23(27)24-5)21(19)14-29-25-17(4)18-10-7-9-16(3)13-18/h7-13H,1,14H2,2-6H3,(H,24,27)/b25-17+,26-22+. The van der Waals surface area contributed by atoms with Crippen LogP contribution in [-0.4, -0.2) is 31.5 Å². The molecule has 0 heterocycles. The molecule has 0 aromatic heterocycles. The van der Waals surface area contributed by atoms with E-state index in [-0.39, 0.29) is 18.2 Å². The van der Waals surface area contributed by atoms with E-state index in [2.05, 4.69) is 22.2 Å². The molecule has 0 saturated heterocycles. The summed E-state index contributed by atoms with van der Waals surface area (Å²) in [7, 11) is 2.94. The average Bonchev–Trinajstić information content (AvgIpc) is 2.71. The van der Waals surface area contributed by atoms with Gasteiger partial charge in [-0.05, 0) is 31.9 Å². The highest BCUT2D eigenvalue weighted by atomic mass is 16.6. The Morgan fingerprint density at radius 1 is 1.10 bits per heavy atom. The van der Waals surface area contributed by atoms with Gasteiger partial charge >= 0.3 is 0 Å². The molecule has 6 nitrogen and oxygen atoms in total. The van der Waals surface area contributed by atoms with E-state index in [1.54, 1.807) is 13.1 Å². The van der Waals surface area contributed by atoms with Crippen molar-refractivity contribution in [2.75, 3.05) is 14.2 Å². The van der Waals surface area contributed by atoms with Crippen LogP contribution >= 0.6 is 0 Å². The van der Waals surface area contributed by atoms with E-state index in [1.807, 2.05) is 57.2 Å². The van der Waals surface area contributed by atoms with E-state index < -0.39 is 0 Å². The maximum atomic E-state index is 12.3. The van der Waals surface area contributed by atoms with Gasteiger partial charge in [0.15, 0.2) is 5.71 Å². The summed E-state index contributed by atoms with van der Waals surface area (Å²) in [5, 5.41) is 10.8. The quantitative estimate of drug-likeness (QED) is 0.543. The fourth-order valence-electron chi connectivity index (χ4n) is 2.90. The van der Waals surface area contributed by atoms with E-state index in [0.29, 0.717) is 5.56 Å². The number of benzene rings is 2. The van der Waals surface area contributed by atoms with Gasteiger partial charge in [0.1, 0.15) is 13.7 Å². The second-order valence-corrected chi connectivity index (χ2v) is 6.63. The Bertz CT molecular complexity index is 962. The third kappa shape index (κ3) is 5.54. The molecule has 2 rings (SSSR count). The van der Waals surface area contributed by atoms with Gasteiger partial charge in [-0.1, -0.05) is 70.5 Å². The molecule has 2 aromatic rings. The molecule has 29 heavy (non-hydrogen) atoms. The fraction of sp³-hybridized carbons (Fsp3) is 0.261. The molecule has 0 saturated carbocycles. The minimum absolute atomic E-state index is 0.154. The molecule has 0 radical (unpaired) electrons. The van der Waals surface area contributed by atoms with Crippen LogP contribution in [-0.2, 0) is 21.1 Å². The summed E-state index contributed by atoms with van der Waals surface area (Å²) in [5.41, 5.74) is 6.16.